The van der Waals surface area contributed by atoms with Crippen LogP contribution in [0, 0.1) is 11.8 Å². The Labute approximate surface area is 737 Å². The maximum absolute atomic E-state index is 15.7. The Balaban J connectivity index is 1.79. The van der Waals surface area contributed by atoms with Gasteiger partial charge in [-0.15, -0.1) is 0 Å². The smallest absolute Gasteiger partial charge is 0.242 e. The number of benzene rings is 4. The number of primary amides is 1. The number of carbonyl (C=O) groups excluding carboxylic acids is 11. The number of rotatable bonds is 71. The number of aliphatic hydroxyl groups is 1. The molecular weight excluding hydrogens is 1550 g/mol. The number of unbranched alkanes of at least 4 members (excludes halogenated alkanes) is 16. The molecule has 0 aliphatic rings. The molecule has 4 aromatic rings. The van der Waals surface area contributed by atoms with Crippen LogP contribution in [0.5, 0.6) is 0 Å². The average molecular weight is 1710 g/mol. The number of aliphatic hydroxyl groups excluding tert-OH is 1. The van der Waals surface area contributed by atoms with Gasteiger partial charge in [0.1, 0.15) is 0 Å². The van der Waals surface area contributed by atoms with Gasteiger partial charge in [-0.05, 0) is 98.4 Å². The van der Waals surface area contributed by atoms with Gasteiger partial charge in [-0.3, -0.25) is 52.7 Å². The first-order valence-corrected chi connectivity index (χ1v) is 46.6. The van der Waals surface area contributed by atoms with Crippen molar-refractivity contribution < 1.29 is 57.8 Å². The van der Waals surface area contributed by atoms with Gasteiger partial charge in [0.25, 0.3) is 0 Å². The Morgan fingerprint density at radius 2 is 0.537 bits per heavy atom. The van der Waals surface area contributed by atoms with Gasteiger partial charge in [0.05, 0.1) is 72.0 Å². The lowest BCUT2D eigenvalue weighted by Crippen LogP contribution is -2.54. The summed E-state index contributed by atoms with van der Waals surface area (Å²) in [6.07, 6.45) is 24.4. The zero-order valence-electron chi connectivity index (χ0n) is 76.0. The van der Waals surface area contributed by atoms with E-state index < -0.39 is 92.4 Å². The molecule has 0 heterocycles. The number of nitrogens with two attached hydrogens (primary N) is 3. The Kier molecular flexibility index (Phi) is 56.6. The van der Waals surface area contributed by atoms with Crippen molar-refractivity contribution in [2.75, 3.05) is 164 Å². The lowest BCUT2D eigenvalue weighted by Gasteiger charge is -2.34. The third-order valence-corrected chi connectivity index (χ3v) is 23.1. The van der Waals surface area contributed by atoms with E-state index in [9.17, 15) is 24.3 Å². The van der Waals surface area contributed by atoms with Crippen LogP contribution >= 0.6 is 0 Å². The normalized spacial score (nSPS) is 11.6. The van der Waals surface area contributed by atoms with E-state index in [0.717, 1.165) is 151 Å². The van der Waals surface area contributed by atoms with Gasteiger partial charge in [0.2, 0.25) is 65.0 Å². The molecule has 0 spiro atoms. The minimum absolute atomic E-state index is 0.00265. The molecule has 0 aromatic heterocycles. The van der Waals surface area contributed by atoms with Crippen molar-refractivity contribution in [2.45, 2.75) is 228 Å². The third-order valence-electron chi connectivity index (χ3n) is 23.1. The van der Waals surface area contributed by atoms with E-state index in [1.165, 1.54) is 45.6 Å². The third kappa shape index (κ3) is 45.4. The summed E-state index contributed by atoms with van der Waals surface area (Å²) in [6, 6.07) is 37.8. The first-order chi connectivity index (χ1) is 59.6. The number of nitrogens with zero attached hydrogens (tertiary/aromatic N) is 10. The summed E-state index contributed by atoms with van der Waals surface area (Å²) in [4.78, 5) is 178. The van der Waals surface area contributed by atoms with Crippen LogP contribution in [0.1, 0.15) is 224 Å². The van der Waals surface area contributed by atoms with Crippen LogP contribution in [-0.2, 0) is 78.4 Å². The molecule has 0 bridgehead atoms. The monoisotopic (exact) mass is 1710 g/mol. The van der Waals surface area contributed by atoms with Gasteiger partial charge in [-0.2, -0.15) is 0 Å². The van der Waals surface area contributed by atoms with E-state index in [1.54, 1.807) is 9.80 Å². The van der Waals surface area contributed by atoms with Gasteiger partial charge in [0.15, 0.2) is 0 Å². The largest absolute Gasteiger partial charge is 0.396 e. The van der Waals surface area contributed by atoms with E-state index in [2.05, 4.69) is 46.9 Å². The SMILES string of the molecule is CCCCCCCCCCN(CC(=O)N(CC(=O)N(CCCCCCCCCC)CC(=O)N(CC(N)=O)CC(CC)CCCC)CC(CC)CCCC)C(=O)CN(CCc1ccccc1)C(=O)CN(CCc1ccccc1)C(=O)CN(CCN)C(=O)CN(CCc1ccccc1)C(=O)CN(CCc1ccccc1)C(=O)CN(CCN)C(=O)CNCCCO. The number of hydrogen-bond acceptors (Lipinski definition) is 15. The molecule has 2 atom stereocenters. The average Bonchev–Trinajstić information content (AvgIpc) is 0.854. The highest BCUT2D eigenvalue weighted by Gasteiger charge is 2.34. The summed E-state index contributed by atoms with van der Waals surface area (Å²) in [7, 11) is 0. The van der Waals surface area contributed by atoms with Crippen LogP contribution in [0.2, 0.25) is 0 Å². The maximum Gasteiger partial charge on any atom is 0.242 e. The van der Waals surface area contributed by atoms with Crippen LogP contribution in [0.15, 0.2) is 121 Å². The van der Waals surface area contributed by atoms with Gasteiger partial charge < -0.3 is 76.6 Å². The topological polar surface area (TPSA) is 330 Å². The highest BCUT2D eigenvalue weighted by Crippen LogP contribution is 2.21. The summed E-state index contributed by atoms with van der Waals surface area (Å²) < 4.78 is 0. The molecule has 686 valence electrons. The molecule has 0 saturated heterocycles. The number of nitrogens with one attached hydrogen (secondary N) is 1. The highest BCUT2D eigenvalue weighted by molar-refractivity contribution is 5.95. The van der Waals surface area contributed by atoms with Crippen LogP contribution in [-0.4, -0.2) is 283 Å². The molecule has 11 amide bonds. The highest BCUT2D eigenvalue weighted by atomic mass is 16.3. The van der Waals surface area contributed by atoms with Gasteiger partial charge >= 0.3 is 0 Å². The first-order valence-electron chi connectivity index (χ1n) is 46.6. The summed E-state index contributed by atoms with van der Waals surface area (Å²) in [5.41, 5.74) is 21.6. The second-order valence-electron chi connectivity index (χ2n) is 33.1. The van der Waals surface area contributed by atoms with Gasteiger partial charge in [0, 0.05) is 85.1 Å². The second kappa shape index (κ2) is 65.5. The van der Waals surface area contributed by atoms with Gasteiger partial charge in [-0.1, -0.05) is 291 Å². The molecule has 0 aliphatic heterocycles. The number of amides is 11. The van der Waals surface area contributed by atoms with Crippen molar-refractivity contribution in [1.82, 2.24) is 54.3 Å². The molecule has 0 aliphatic carbocycles. The van der Waals surface area contributed by atoms with Crippen LogP contribution in [0.25, 0.3) is 0 Å². The molecular formula is C97H156N14O12. The molecule has 8 N–H and O–H groups in total. The fourth-order valence-corrected chi connectivity index (χ4v) is 15.2. The molecule has 26 heteroatoms. The Morgan fingerprint density at radius 3 is 0.805 bits per heavy atom. The van der Waals surface area contributed by atoms with Crippen molar-refractivity contribution >= 4 is 65.0 Å². The van der Waals surface area contributed by atoms with Crippen LogP contribution in [0.3, 0.4) is 0 Å². The lowest BCUT2D eigenvalue weighted by molar-refractivity contribution is -0.149. The zero-order chi connectivity index (χ0) is 89.6. The minimum Gasteiger partial charge on any atom is -0.396 e. The molecule has 4 aromatic carbocycles. The van der Waals surface area contributed by atoms with Crippen LogP contribution in [0.4, 0.5) is 0 Å². The quantitative estimate of drug-likeness (QED) is 0.0257. The Hall–Kier alpha value is -9.11. The van der Waals surface area contributed by atoms with E-state index >= 15 is 33.6 Å². The molecule has 0 radical (unpaired) electrons. The second-order valence-corrected chi connectivity index (χ2v) is 33.1. The lowest BCUT2D eigenvalue weighted by atomic mass is 9.98. The minimum atomic E-state index is -0.647. The Morgan fingerprint density at radius 1 is 0.293 bits per heavy atom. The number of carbonyl (C=O) groups is 11. The fraction of sp³-hybridized carbons (Fsp3) is 0.639. The standard InChI is InChI=1S/C97H156N14O12/c1-7-13-17-19-21-23-25-39-59-102(79-97(123)111(70-82(12-6)43-16-10-4)80-95(121)103(60-40-26-24-22-20-18-14-8-2)78-96(122)110(71-87(100)113)69-81(11-5)42-15-9-3)89(115)72-104(61-52-83-44-31-27-32-45-83)90(116)74-106(63-54-85-48-35-29-36-49-85)93(119)77-109(66-57-99)94(120)75-107(64-55-86-50-37-30-38-51-86)91(117)73-105(62-53-84-46-33-28-34-47-84)92(118)76-108(65-56-98)88(114)68-101-58-41-67-112/h27-38,44-51,81-82,101,112H,7-26,39-43,52-80,98-99H2,1-6H3,(H2,100,113). The zero-order valence-corrected chi connectivity index (χ0v) is 76.0. The molecule has 123 heavy (non-hydrogen) atoms. The van der Waals surface area contributed by atoms with Gasteiger partial charge in [-0.25, -0.2) is 0 Å². The van der Waals surface area contributed by atoms with Crippen molar-refractivity contribution in [3.63, 3.8) is 0 Å². The summed E-state index contributed by atoms with van der Waals surface area (Å²) in [5.74, 6) is -5.54. The van der Waals surface area contributed by atoms with Crippen LogP contribution < -0.4 is 22.5 Å². The molecule has 4 rings (SSSR count). The van der Waals surface area contributed by atoms with E-state index in [-0.39, 0.29) is 135 Å². The van der Waals surface area contributed by atoms with Crippen molar-refractivity contribution in [3.8, 4) is 0 Å². The van der Waals surface area contributed by atoms with Crippen molar-refractivity contribution in [2.24, 2.45) is 29.0 Å². The molecule has 2 unspecified atom stereocenters. The van der Waals surface area contributed by atoms with E-state index in [4.69, 9.17) is 17.2 Å². The predicted octanol–water partition coefficient (Wildman–Crippen LogP) is 10.3. The summed E-state index contributed by atoms with van der Waals surface area (Å²) >= 11 is 0. The van der Waals surface area contributed by atoms with Crippen molar-refractivity contribution in [1.29, 1.82) is 0 Å². The first kappa shape index (κ1) is 106. The van der Waals surface area contributed by atoms with E-state index in [1.807, 2.05) is 121 Å². The Bertz CT molecular complexity index is 3610. The van der Waals surface area contributed by atoms with Crippen molar-refractivity contribution in [3.05, 3.63) is 144 Å². The fourth-order valence-electron chi connectivity index (χ4n) is 15.2. The maximum atomic E-state index is 15.7. The number of hydrogen-bond donors (Lipinski definition) is 5. The molecule has 0 saturated carbocycles. The summed E-state index contributed by atoms with van der Waals surface area (Å²) in [6.45, 7) is 9.79. The van der Waals surface area contributed by atoms with E-state index in [0.29, 0.717) is 64.5 Å². The predicted molar refractivity (Wildman–Crippen MR) is 490 cm³/mol. The molecule has 26 nitrogen and oxygen atoms in total. The summed E-state index contributed by atoms with van der Waals surface area (Å²) in [5, 5.41) is 12.3. The molecule has 0 fully saturated rings.